The number of anilines is 3. The van der Waals surface area contributed by atoms with Gasteiger partial charge in [0.2, 0.25) is 5.95 Å². The van der Waals surface area contributed by atoms with Gasteiger partial charge >= 0.3 is 0 Å². The third kappa shape index (κ3) is 2.72. The van der Waals surface area contributed by atoms with Crippen molar-refractivity contribution in [2.45, 2.75) is 18.5 Å². The lowest BCUT2D eigenvalue weighted by atomic mass is 10.2. The summed E-state index contributed by atoms with van der Waals surface area (Å²) >= 11 is 0. The van der Waals surface area contributed by atoms with E-state index in [0.717, 1.165) is 23.5 Å². The molecular formula is C20H22N6. The van der Waals surface area contributed by atoms with Crippen molar-refractivity contribution in [2.75, 3.05) is 30.4 Å². The summed E-state index contributed by atoms with van der Waals surface area (Å²) in [7, 11) is 2.23. The second-order valence-electron chi connectivity index (χ2n) is 7.17. The largest absolute Gasteiger partial charge is 0.367 e. The topological polar surface area (TPSA) is 60.1 Å². The minimum absolute atomic E-state index is 0.610. The van der Waals surface area contributed by atoms with Gasteiger partial charge in [-0.1, -0.05) is 0 Å². The predicted octanol–water partition coefficient (Wildman–Crippen LogP) is 3.11. The molecule has 26 heavy (non-hydrogen) atoms. The molecule has 0 spiro atoms. The van der Waals surface area contributed by atoms with Gasteiger partial charge in [-0.25, -0.2) is 9.97 Å². The molecule has 0 aliphatic carbocycles. The van der Waals surface area contributed by atoms with Crippen molar-refractivity contribution in [3.05, 3.63) is 55.0 Å². The van der Waals surface area contributed by atoms with Crippen molar-refractivity contribution >= 4 is 17.3 Å². The van der Waals surface area contributed by atoms with E-state index in [-0.39, 0.29) is 0 Å². The van der Waals surface area contributed by atoms with E-state index in [1.54, 1.807) is 6.20 Å². The Hall–Kier alpha value is -2.86. The zero-order chi connectivity index (χ0) is 17.5. The van der Waals surface area contributed by atoms with E-state index in [9.17, 15) is 0 Å². The Bertz CT molecular complexity index is 887. The van der Waals surface area contributed by atoms with Crippen LogP contribution in [-0.4, -0.2) is 52.1 Å². The number of rotatable bonds is 4. The van der Waals surface area contributed by atoms with Crippen molar-refractivity contribution in [2.24, 2.45) is 0 Å². The Kier molecular flexibility index (Phi) is 3.64. The van der Waals surface area contributed by atoms with Crippen LogP contribution in [0.5, 0.6) is 0 Å². The molecule has 2 fully saturated rings. The van der Waals surface area contributed by atoms with E-state index in [4.69, 9.17) is 0 Å². The zero-order valence-corrected chi connectivity index (χ0v) is 14.8. The number of H-pyrrole nitrogens is 1. The fourth-order valence-corrected chi connectivity index (χ4v) is 4.11. The number of likely N-dealkylation sites (tertiary alicyclic amines) is 1. The summed E-state index contributed by atoms with van der Waals surface area (Å²) in [6.07, 6.45) is 6.90. The molecule has 4 heterocycles. The van der Waals surface area contributed by atoms with Crippen LogP contribution in [0.15, 0.2) is 55.0 Å². The highest BCUT2D eigenvalue weighted by Crippen LogP contribution is 2.34. The van der Waals surface area contributed by atoms with E-state index in [1.807, 2.05) is 24.5 Å². The molecule has 6 heteroatoms. The highest BCUT2D eigenvalue weighted by atomic mass is 15.3. The van der Waals surface area contributed by atoms with Gasteiger partial charge in [0.1, 0.15) is 0 Å². The molecule has 0 saturated carbocycles. The second-order valence-corrected chi connectivity index (χ2v) is 7.17. The Labute approximate surface area is 152 Å². The van der Waals surface area contributed by atoms with Gasteiger partial charge in [0.15, 0.2) is 0 Å². The molecule has 1 aromatic carbocycles. The van der Waals surface area contributed by atoms with Crippen LogP contribution in [0.4, 0.5) is 17.3 Å². The van der Waals surface area contributed by atoms with Crippen molar-refractivity contribution in [1.29, 1.82) is 0 Å². The SMILES string of the molecule is CN1CC2CC1CN2c1ccc(Nc2nccc(-c3cc[nH]c3)n2)cc1. The number of hydrogen-bond acceptors (Lipinski definition) is 5. The number of benzene rings is 1. The average molecular weight is 346 g/mol. The normalized spacial score (nSPS) is 22.1. The number of hydrogen-bond donors (Lipinski definition) is 2. The quantitative estimate of drug-likeness (QED) is 0.760. The third-order valence-corrected chi connectivity index (χ3v) is 5.52. The van der Waals surface area contributed by atoms with Crippen LogP contribution in [0.25, 0.3) is 11.3 Å². The Morgan fingerprint density at radius 1 is 1.08 bits per heavy atom. The number of nitrogens with zero attached hydrogens (tertiary/aromatic N) is 4. The van der Waals surface area contributed by atoms with Gasteiger partial charge in [-0.3, -0.25) is 4.90 Å². The van der Waals surface area contributed by atoms with Crippen molar-refractivity contribution in [1.82, 2.24) is 19.9 Å². The molecule has 3 aromatic rings. The lowest BCUT2D eigenvalue weighted by Gasteiger charge is -2.33. The molecule has 0 amide bonds. The molecule has 2 N–H and O–H groups in total. The molecule has 2 saturated heterocycles. The maximum atomic E-state index is 4.59. The summed E-state index contributed by atoms with van der Waals surface area (Å²) in [4.78, 5) is 17.0. The molecule has 2 aliphatic rings. The van der Waals surface area contributed by atoms with Gasteiger partial charge in [-0.2, -0.15) is 0 Å². The number of piperazine rings is 1. The maximum absolute atomic E-state index is 4.59. The first-order valence-corrected chi connectivity index (χ1v) is 9.06. The van der Waals surface area contributed by atoms with E-state index >= 15 is 0 Å². The maximum Gasteiger partial charge on any atom is 0.227 e. The molecule has 2 atom stereocenters. The average Bonchev–Trinajstić information content (AvgIpc) is 3.39. The summed E-state index contributed by atoms with van der Waals surface area (Å²) in [6, 6.07) is 13.9. The molecule has 2 bridgehead atoms. The number of aromatic nitrogens is 3. The van der Waals surface area contributed by atoms with Gasteiger partial charge in [-0.05, 0) is 49.9 Å². The highest BCUT2D eigenvalue weighted by Gasteiger charge is 2.41. The fourth-order valence-electron chi connectivity index (χ4n) is 4.11. The first-order chi connectivity index (χ1) is 12.8. The number of nitrogens with one attached hydrogen (secondary N) is 2. The molecule has 2 aromatic heterocycles. The predicted molar refractivity (Wildman–Crippen MR) is 104 cm³/mol. The lowest BCUT2D eigenvalue weighted by Crippen LogP contribution is -2.44. The molecule has 6 nitrogen and oxygen atoms in total. The fraction of sp³-hybridized carbons (Fsp3) is 0.300. The smallest absolute Gasteiger partial charge is 0.227 e. The van der Waals surface area contributed by atoms with E-state index < -0.39 is 0 Å². The van der Waals surface area contributed by atoms with Crippen molar-refractivity contribution < 1.29 is 0 Å². The summed E-state index contributed by atoms with van der Waals surface area (Å²) in [5.41, 5.74) is 4.26. The van der Waals surface area contributed by atoms with E-state index in [1.165, 1.54) is 18.7 Å². The zero-order valence-electron chi connectivity index (χ0n) is 14.8. The molecule has 2 aliphatic heterocycles. The highest BCUT2D eigenvalue weighted by molar-refractivity contribution is 5.63. The molecule has 132 valence electrons. The standard InChI is InChI=1S/C20H22N6/c1-25-12-18-10-17(25)13-26(18)16-4-2-15(3-5-16)23-20-22-9-7-19(24-20)14-6-8-21-11-14/h2-9,11,17-18,21H,10,12-13H2,1H3,(H,22,23,24). The summed E-state index contributed by atoms with van der Waals surface area (Å²) in [5, 5.41) is 3.31. The van der Waals surface area contributed by atoms with Crippen LogP contribution < -0.4 is 10.2 Å². The second kappa shape index (κ2) is 6.14. The van der Waals surface area contributed by atoms with E-state index in [2.05, 4.69) is 61.4 Å². The van der Waals surface area contributed by atoms with E-state index in [0.29, 0.717) is 18.0 Å². The minimum Gasteiger partial charge on any atom is -0.367 e. The first kappa shape index (κ1) is 15.4. The Balaban J connectivity index is 1.31. The molecular weight excluding hydrogens is 324 g/mol. The van der Waals surface area contributed by atoms with Crippen LogP contribution in [0.1, 0.15) is 6.42 Å². The van der Waals surface area contributed by atoms with Crippen LogP contribution in [0.3, 0.4) is 0 Å². The summed E-state index contributed by atoms with van der Waals surface area (Å²) < 4.78 is 0. The summed E-state index contributed by atoms with van der Waals surface area (Å²) in [6.45, 7) is 2.31. The minimum atomic E-state index is 0.610. The number of aromatic amines is 1. The first-order valence-electron chi connectivity index (χ1n) is 9.06. The lowest BCUT2D eigenvalue weighted by molar-refractivity contribution is 0.292. The monoisotopic (exact) mass is 346 g/mol. The Morgan fingerprint density at radius 3 is 2.65 bits per heavy atom. The molecule has 2 unspecified atom stereocenters. The third-order valence-electron chi connectivity index (χ3n) is 5.52. The molecule has 0 radical (unpaired) electrons. The number of fused-ring (bicyclic) bond motifs is 2. The van der Waals surface area contributed by atoms with Crippen LogP contribution in [-0.2, 0) is 0 Å². The van der Waals surface area contributed by atoms with Crippen LogP contribution >= 0.6 is 0 Å². The van der Waals surface area contributed by atoms with Crippen molar-refractivity contribution in [3.8, 4) is 11.3 Å². The van der Waals surface area contributed by atoms with Crippen LogP contribution in [0, 0.1) is 0 Å². The van der Waals surface area contributed by atoms with Gasteiger partial charge in [0.05, 0.1) is 5.69 Å². The van der Waals surface area contributed by atoms with Crippen LogP contribution in [0.2, 0.25) is 0 Å². The van der Waals surface area contributed by atoms with Gasteiger partial charge in [0, 0.05) is 60.7 Å². The summed E-state index contributed by atoms with van der Waals surface area (Å²) in [5.74, 6) is 0.610. The van der Waals surface area contributed by atoms with Crippen molar-refractivity contribution in [3.63, 3.8) is 0 Å². The molecule has 5 rings (SSSR count). The van der Waals surface area contributed by atoms with Gasteiger partial charge in [0.25, 0.3) is 0 Å². The Morgan fingerprint density at radius 2 is 1.96 bits per heavy atom. The number of likely N-dealkylation sites (N-methyl/N-ethyl adjacent to an activating group) is 1. The van der Waals surface area contributed by atoms with Gasteiger partial charge in [-0.15, -0.1) is 0 Å². The van der Waals surface area contributed by atoms with Gasteiger partial charge < -0.3 is 15.2 Å².